The van der Waals surface area contributed by atoms with E-state index >= 15 is 0 Å². The van der Waals surface area contributed by atoms with Crippen LogP contribution < -0.4 is 5.32 Å². The van der Waals surface area contributed by atoms with Gasteiger partial charge in [-0.1, -0.05) is 49.4 Å². The molecule has 2 atom stereocenters. The quantitative estimate of drug-likeness (QED) is 0.287. The fourth-order valence-electron chi connectivity index (χ4n) is 5.64. The first kappa shape index (κ1) is 24.2. The number of aromatic nitrogens is 4. The number of rotatable bonds is 8. The van der Waals surface area contributed by atoms with Crippen molar-refractivity contribution in [3.63, 3.8) is 0 Å². The van der Waals surface area contributed by atoms with Gasteiger partial charge in [-0.25, -0.2) is 9.97 Å². The molecule has 7 nitrogen and oxygen atoms in total. The van der Waals surface area contributed by atoms with Crippen molar-refractivity contribution in [1.29, 1.82) is 0 Å². The van der Waals surface area contributed by atoms with Crippen LogP contribution in [0.2, 0.25) is 0 Å². The minimum atomic E-state index is -0.153. The summed E-state index contributed by atoms with van der Waals surface area (Å²) in [5.74, 6) is 0.773. The van der Waals surface area contributed by atoms with E-state index in [1.807, 2.05) is 60.8 Å². The third kappa shape index (κ3) is 4.89. The number of imidazole rings is 1. The van der Waals surface area contributed by atoms with E-state index in [0.717, 1.165) is 59.1 Å². The van der Waals surface area contributed by atoms with Gasteiger partial charge in [0, 0.05) is 24.2 Å². The second-order valence-corrected chi connectivity index (χ2v) is 9.99. The van der Waals surface area contributed by atoms with Crippen LogP contribution in [-0.4, -0.2) is 43.3 Å². The second kappa shape index (κ2) is 10.7. The van der Waals surface area contributed by atoms with E-state index in [2.05, 4.69) is 39.2 Å². The van der Waals surface area contributed by atoms with Crippen molar-refractivity contribution in [2.24, 2.45) is 0 Å². The lowest BCUT2D eigenvalue weighted by molar-refractivity contribution is 0.0840. The summed E-state index contributed by atoms with van der Waals surface area (Å²) in [6, 6.07) is 24.2. The smallest absolute Gasteiger partial charge is 0.269 e. The number of fused-ring (bicyclic) bond motifs is 3. The third-order valence-electron chi connectivity index (χ3n) is 7.61. The molecule has 0 bridgehead atoms. The normalized spacial score (nSPS) is 16.0. The lowest BCUT2D eigenvalue weighted by Crippen LogP contribution is -2.46. The highest BCUT2D eigenvalue weighted by Gasteiger charge is 2.32. The number of carbonyl (C=O) groups excluding carboxylic acids is 1. The second-order valence-electron chi connectivity index (χ2n) is 9.99. The minimum absolute atomic E-state index is 0.102. The summed E-state index contributed by atoms with van der Waals surface area (Å²) in [4.78, 5) is 33.4. The van der Waals surface area contributed by atoms with Crippen molar-refractivity contribution in [2.45, 2.75) is 51.2 Å². The van der Waals surface area contributed by atoms with Gasteiger partial charge in [-0.15, -0.1) is 0 Å². The number of amides is 1. The van der Waals surface area contributed by atoms with Crippen molar-refractivity contribution in [1.82, 2.24) is 30.2 Å². The summed E-state index contributed by atoms with van der Waals surface area (Å²) < 4.78 is 0. The molecule has 2 N–H and O–H groups in total. The van der Waals surface area contributed by atoms with E-state index in [1.165, 1.54) is 5.56 Å². The van der Waals surface area contributed by atoms with Gasteiger partial charge in [0.15, 0.2) is 0 Å². The molecule has 2 aromatic carbocycles. The summed E-state index contributed by atoms with van der Waals surface area (Å²) in [7, 11) is 0. The molecule has 2 unspecified atom stereocenters. The molecule has 38 heavy (non-hydrogen) atoms. The number of aromatic amines is 1. The lowest BCUT2D eigenvalue weighted by Gasteiger charge is -2.39. The van der Waals surface area contributed by atoms with Gasteiger partial charge in [0.1, 0.15) is 11.5 Å². The van der Waals surface area contributed by atoms with E-state index < -0.39 is 0 Å². The van der Waals surface area contributed by atoms with E-state index in [-0.39, 0.29) is 18.0 Å². The van der Waals surface area contributed by atoms with Crippen LogP contribution in [0.5, 0.6) is 0 Å². The van der Waals surface area contributed by atoms with Crippen molar-refractivity contribution < 1.29 is 4.79 Å². The average Bonchev–Trinajstić information content (AvgIpc) is 3.39. The molecule has 3 aromatic heterocycles. The Labute approximate surface area is 222 Å². The van der Waals surface area contributed by atoms with Gasteiger partial charge in [-0.2, -0.15) is 0 Å². The molecule has 1 amide bonds. The van der Waals surface area contributed by atoms with Crippen LogP contribution >= 0.6 is 0 Å². The molecular formula is C31H32N6O. The summed E-state index contributed by atoms with van der Waals surface area (Å²) in [5, 5.41) is 4.20. The van der Waals surface area contributed by atoms with Crippen molar-refractivity contribution in [3.05, 3.63) is 102 Å². The van der Waals surface area contributed by atoms with Crippen LogP contribution in [0.3, 0.4) is 0 Å². The first-order valence-electron chi connectivity index (χ1n) is 13.5. The number of H-pyrrole nitrogens is 1. The molecule has 3 heterocycles. The van der Waals surface area contributed by atoms with Crippen molar-refractivity contribution in [3.8, 4) is 0 Å². The van der Waals surface area contributed by atoms with Crippen LogP contribution in [0, 0.1) is 0 Å². The van der Waals surface area contributed by atoms with Crippen molar-refractivity contribution in [2.75, 3.05) is 6.54 Å². The van der Waals surface area contributed by atoms with Crippen LogP contribution in [0.1, 0.15) is 59.8 Å². The molecule has 1 aliphatic rings. The number of pyridine rings is 2. The van der Waals surface area contributed by atoms with E-state index in [4.69, 9.17) is 9.97 Å². The molecule has 0 radical (unpaired) electrons. The fraction of sp³-hybridized carbons (Fsp3) is 0.290. The maximum absolute atomic E-state index is 13.2. The van der Waals surface area contributed by atoms with E-state index in [9.17, 15) is 4.79 Å². The topological polar surface area (TPSA) is 86.8 Å². The molecule has 0 fully saturated rings. The predicted octanol–water partition coefficient (Wildman–Crippen LogP) is 5.59. The Morgan fingerprint density at radius 3 is 2.74 bits per heavy atom. The van der Waals surface area contributed by atoms with Gasteiger partial charge >= 0.3 is 0 Å². The number of carbonyl (C=O) groups is 1. The molecule has 6 rings (SSSR count). The van der Waals surface area contributed by atoms with Gasteiger partial charge in [0.2, 0.25) is 0 Å². The summed E-state index contributed by atoms with van der Waals surface area (Å²) in [6.45, 7) is 3.35. The summed E-state index contributed by atoms with van der Waals surface area (Å²) in [5.41, 5.74) is 5.73. The van der Waals surface area contributed by atoms with Crippen LogP contribution in [0.15, 0.2) is 79.0 Å². The van der Waals surface area contributed by atoms with Crippen LogP contribution in [0.4, 0.5) is 0 Å². The Hall–Kier alpha value is -4.10. The van der Waals surface area contributed by atoms with Crippen LogP contribution in [-0.2, 0) is 13.0 Å². The number of hydrogen-bond acceptors (Lipinski definition) is 5. The standard InChI is InChI=1S/C31H32N6O/c1-2-23(19-33-31(38)27-17-16-21-9-3-4-12-24(21)34-27)37(20-29-35-25-13-5-6-14-26(25)36-29)28-15-7-10-22-11-8-18-32-30(22)28/h3-6,8-9,11-14,16-18,23,28H,2,7,10,15,19-20H2,1H3,(H,33,38)(H,35,36). The molecule has 0 spiro atoms. The third-order valence-corrected chi connectivity index (χ3v) is 7.61. The van der Waals surface area contributed by atoms with Gasteiger partial charge in [0.05, 0.1) is 34.8 Å². The largest absolute Gasteiger partial charge is 0.349 e. The van der Waals surface area contributed by atoms with E-state index in [0.29, 0.717) is 18.8 Å². The number of nitrogens with one attached hydrogen (secondary N) is 2. The lowest BCUT2D eigenvalue weighted by atomic mass is 9.89. The average molecular weight is 505 g/mol. The first-order valence-corrected chi connectivity index (χ1v) is 13.5. The van der Waals surface area contributed by atoms with Gasteiger partial charge in [-0.3, -0.25) is 14.7 Å². The Morgan fingerprint density at radius 1 is 1.03 bits per heavy atom. The number of aryl methyl sites for hydroxylation is 1. The molecular weight excluding hydrogens is 472 g/mol. The maximum atomic E-state index is 13.2. The molecule has 5 aromatic rings. The molecule has 7 heteroatoms. The molecule has 0 aliphatic heterocycles. The predicted molar refractivity (Wildman–Crippen MR) is 150 cm³/mol. The SMILES string of the molecule is CCC(CNC(=O)c1ccc2ccccc2n1)N(Cc1nc2ccccc2[nH]1)C1CCCc2cccnc21. The Balaban J connectivity index is 1.27. The number of hydrogen-bond donors (Lipinski definition) is 2. The zero-order chi connectivity index (χ0) is 25.9. The monoisotopic (exact) mass is 504 g/mol. The maximum Gasteiger partial charge on any atom is 0.269 e. The number of nitrogens with zero attached hydrogens (tertiary/aromatic N) is 4. The fourth-order valence-corrected chi connectivity index (χ4v) is 5.64. The minimum Gasteiger partial charge on any atom is -0.349 e. The Morgan fingerprint density at radius 2 is 1.87 bits per heavy atom. The van der Waals surface area contributed by atoms with Crippen molar-refractivity contribution >= 4 is 27.8 Å². The highest BCUT2D eigenvalue weighted by Crippen LogP contribution is 2.35. The van der Waals surface area contributed by atoms with E-state index in [1.54, 1.807) is 6.07 Å². The highest BCUT2D eigenvalue weighted by atomic mass is 16.1. The number of benzene rings is 2. The summed E-state index contributed by atoms with van der Waals surface area (Å²) in [6.07, 6.45) is 5.97. The van der Waals surface area contributed by atoms with Gasteiger partial charge < -0.3 is 10.3 Å². The Bertz CT molecular complexity index is 1540. The van der Waals surface area contributed by atoms with Gasteiger partial charge in [0.25, 0.3) is 5.91 Å². The van der Waals surface area contributed by atoms with Crippen LogP contribution in [0.25, 0.3) is 21.9 Å². The molecule has 0 saturated carbocycles. The Kier molecular flexibility index (Phi) is 6.84. The molecule has 1 aliphatic carbocycles. The number of para-hydroxylation sites is 3. The van der Waals surface area contributed by atoms with Gasteiger partial charge in [-0.05, 0) is 61.6 Å². The zero-order valence-electron chi connectivity index (χ0n) is 21.6. The first-order chi connectivity index (χ1) is 18.7. The zero-order valence-corrected chi connectivity index (χ0v) is 21.6. The highest BCUT2D eigenvalue weighted by molar-refractivity contribution is 5.94. The molecule has 0 saturated heterocycles. The summed E-state index contributed by atoms with van der Waals surface area (Å²) >= 11 is 0. The molecule has 192 valence electrons.